The number of hydrogen-bond acceptors (Lipinski definition) is 4. The van der Waals surface area contributed by atoms with Gasteiger partial charge in [-0.15, -0.1) is 0 Å². The number of carbonyl (C=O) groups is 1. The number of halogens is 3. The van der Waals surface area contributed by atoms with Gasteiger partial charge in [-0.1, -0.05) is 0 Å². The van der Waals surface area contributed by atoms with Crippen LogP contribution >= 0.6 is 15.9 Å². The Bertz CT molecular complexity index is 485. The fourth-order valence-corrected chi connectivity index (χ4v) is 2.26. The van der Waals surface area contributed by atoms with E-state index in [1.807, 2.05) is 0 Å². The van der Waals surface area contributed by atoms with Gasteiger partial charge in [0.25, 0.3) is 0 Å². The summed E-state index contributed by atoms with van der Waals surface area (Å²) in [6.45, 7) is -1.93. The van der Waals surface area contributed by atoms with Gasteiger partial charge in [-0.3, -0.25) is 4.79 Å². The molecule has 0 bridgehead atoms. The first-order chi connectivity index (χ1) is 9.93. The first-order valence-corrected chi connectivity index (χ1v) is 6.97. The third kappa shape index (κ3) is 6.26. The third-order valence-electron chi connectivity index (χ3n) is 2.57. The number of alkyl halides is 2. The highest BCUT2D eigenvalue weighted by atomic mass is 79.9. The smallest absolute Gasteiger partial charge is 0.387 e. The standard InChI is InChI=1S/C13H16BrF2NO4/c1-20-10-6-8(7-17-4-2-3-11(18)19)5-9(14)12(10)21-13(15)16/h5-6,13,17H,2-4,7H2,1H3,(H,18,19). The largest absolute Gasteiger partial charge is 0.493 e. The van der Waals surface area contributed by atoms with E-state index >= 15 is 0 Å². The van der Waals surface area contributed by atoms with E-state index in [-0.39, 0.29) is 17.9 Å². The molecule has 0 unspecified atom stereocenters. The normalized spacial score (nSPS) is 10.7. The number of carboxylic acids is 1. The van der Waals surface area contributed by atoms with Gasteiger partial charge >= 0.3 is 12.6 Å². The number of rotatable bonds is 9. The molecule has 21 heavy (non-hydrogen) atoms. The molecule has 118 valence electrons. The van der Waals surface area contributed by atoms with E-state index in [4.69, 9.17) is 9.84 Å². The lowest BCUT2D eigenvalue weighted by atomic mass is 10.2. The Labute approximate surface area is 129 Å². The second-order valence-electron chi connectivity index (χ2n) is 4.16. The maximum Gasteiger partial charge on any atom is 0.387 e. The Morgan fingerprint density at radius 1 is 1.48 bits per heavy atom. The monoisotopic (exact) mass is 367 g/mol. The van der Waals surface area contributed by atoms with Crippen LogP contribution in [0.5, 0.6) is 11.5 Å². The molecule has 1 rings (SSSR count). The quantitative estimate of drug-likeness (QED) is 0.656. The molecular weight excluding hydrogens is 352 g/mol. The van der Waals surface area contributed by atoms with Crippen LogP contribution in [0.2, 0.25) is 0 Å². The summed E-state index contributed by atoms with van der Waals surface area (Å²) in [7, 11) is 1.37. The molecule has 0 radical (unpaired) electrons. The van der Waals surface area contributed by atoms with Gasteiger partial charge in [-0.05, 0) is 46.6 Å². The Balaban J connectivity index is 2.63. The SMILES string of the molecule is COc1cc(CNCCCC(=O)O)cc(Br)c1OC(F)F. The van der Waals surface area contributed by atoms with Crippen LogP contribution in [0.3, 0.4) is 0 Å². The first kappa shape index (κ1) is 17.6. The van der Waals surface area contributed by atoms with Crippen molar-refractivity contribution in [1.82, 2.24) is 5.32 Å². The van der Waals surface area contributed by atoms with Crippen LogP contribution < -0.4 is 14.8 Å². The highest BCUT2D eigenvalue weighted by Gasteiger charge is 2.15. The summed E-state index contributed by atoms with van der Waals surface area (Å²) >= 11 is 3.17. The number of carboxylic acid groups (broad SMARTS) is 1. The van der Waals surface area contributed by atoms with Gasteiger partial charge in [0.15, 0.2) is 11.5 Å². The molecule has 2 N–H and O–H groups in total. The molecule has 0 spiro atoms. The van der Waals surface area contributed by atoms with Crippen LogP contribution in [0.4, 0.5) is 8.78 Å². The minimum Gasteiger partial charge on any atom is -0.493 e. The van der Waals surface area contributed by atoms with Crippen molar-refractivity contribution >= 4 is 21.9 Å². The maximum atomic E-state index is 12.3. The fraction of sp³-hybridized carbons (Fsp3) is 0.462. The number of ether oxygens (including phenoxy) is 2. The van der Waals surface area contributed by atoms with E-state index in [2.05, 4.69) is 26.0 Å². The van der Waals surface area contributed by atoms with Crippen LogP contribution in [0.25, 0.3) is 0 Å². The average Bonchev–Trinajstić information content (AvgIpc) is 2.40. The topological polar surface area (TPSA) is 67.8 Å². The van der Waals surface area contributed by atoms with Crippen LogP contribution in [0.1, 0.15) is 18.4 Å². The van der Waals surface area contributed by atoms with Gasteiger partial charge in [-0.25, -0.2) is 0 Å². The van der Waals surface area contributed by atoms with E-state index in [0.29, 0.717) is 24.0 Å². The lowest BCUT2D eigenvalue weighted by molar-refractivity contribution is -0.137. The van der Waals surface area contributed by atoms with Crippen LogP contribution in [-0.4, -0.2) is 31.3 Å². The van der Waals surface area contributed by atoms with Crippen LogP contribution in [0.15, 0.2) is 16.6 Å². The Morgan fingerprint density at radius 3 is 2.76 bits per heavy atom. The molecule has 0 fully saturated rings. The third-order valence-corrected chi connectivity index (χ3v) is 3.16. The number of benzene rings is 1. The van der Waals surface area contributed by atoms with Gasteiger partial charge in [0, 0.05) is 13.0 Å². The van der Waals surface area contributed by atoms with E-state index in [1.165, 1.54) is 7.11 Å². The number of aliphatic carboxylic acids is 1. The van der Waals surface area contributed by atoms with E-state index in [1.54, 1.807) is 12.1 Å². The molecule has 0 saturated heterocycles. The van der Waals surface area contributed by atoms with E-state index < -0.39 is 12.6 Å². The van der Waals surface area contributed by atoms with Crippen molar-refractivity contribution in [3.63, 3.8) is 0 Å². The Morgan fingerprint density at radius 2 is 2.19 bits per heavy atom. The average molecular weight is 368 g/mol. The van der Waals surface area contributed by atoms with Gasteiger partial charge in [-0.2, -0.15) is 8.78 Å². The van der Waals surface area contributed by atoms with Crippen molar-refractivity contribution in [2.24, 2.45) is 0 Å². The first-order valence-electron chi connectivity index (χ1n) is 6.17. The summed E-state index contributed by atoms with van der Waals surface area (Å²) in [5.41, 5.74) is 0.802. The molecule has 0 atom stereocenters. The summed E-state index contributed by atoms with van der Waals surface area (Å²) < 4.78 is 34.4. The summed E-state index contributed by atoms with van der Waals surface area (Å²) in [6, 6.07) is 3.23. The summed E-state index contributed by atoms with van der Waals surface area (Å²) in [6.07, 6.45) is 0.612. The van der Waals surface area contributed by atoms with Gasteiger partial charge in [0.05, 0.1) is 11.6 Å². The molecule has 0 aromatic heterocycles. The van der Waals surface area contributed by atoms with Gasteiger partial charge < -0.3 is 19.9 Å². The van der Waals surface area contributed by atoms with Crippen molar-refractivity contribution in [2.75, 3.05) is 13.7 Å². The van der Waals surface area contributed by atoms with Crippen molar-refractivity contribution in [2.45, 2.75) is 26.0 Å². The summed E-state index contributed by atoms with van der Waals surface area (Å²) in [5.74, 6) is -0.691. The molecule has 0 aliphatic rings. The lowest BCUT2D eigenvalue weighted by Crippen LogP contribution is -2.16. The highest BCUT2D eigenvalue weighted by Crippen LogP contribution is 2.37. The number of hydrogen-bond donors (Lipinski definition) is 2. The van der Waals surface area contributed by atoms with E-state index in [9.17, 15) is 13.6 Å². The molecule has 5 nitrogen and oxygen atoms in total. The van der Waals surface area contributed by atoms with Crippen molar-refractivity contribution in [3.05, 3.63) is 22.2 Å². The van der Waals surface area contributed by atoms with Crippen molar-refractivity contribution in [3.8, 4) is 11.5 Å². The van der Waals surface area contributed by atoms with Crippen molar-refractivity contribution in [1.29, 1.82) is 0 Å². The number of nitrogens with one attached hydrogen (secondary N) is 1. The summed E-state index contributed by atoms with van der Waals surface area (Å²) in [4.78, 5) is 10.4. The second kappa shape index (κ2) is 8.78. The van der Waals surface area contributed by atoms with Crippen LogP contribution in [-0.2, 0) is 11.3 Å². The maximum absolute atomic E-state index is 12.3. The van der Waals surface area contributed by atoms with Gasteiger partial charge in [0.2, 0.25) is 0 Å². The van der Waals surface area contributed by atoms with E-state index in [0.717, 1.165) is 5.56 Å². The van der Waals surface area contributed by atoms with Crippen LogP contribution in [0, 0.1) is 0 Å². The molecule has 8 heteroatoms. The zero-order chi connectivity index (χ0) is 15.8. The Kier molecular flexibility index (Phi) is 7.38. The molecular formula is C13H16BrF2NO4. The molecule has 1 aromatic carbocycles. The predicted octanol–water partition coefficient (Wildman–Crippen LogP) is 3.01. The molecule has 1 aromatic rings. The molecule has 0 amide bonds. The highest BCUT2D eigenvalue weighted by molar-refractivity contribution is 9.10. The number of methoxy groups -OCH3 is 1. The molecule has 0 heterocycles. The Hall–Kier alpha value is -1.41. The lowest BCUT2D eigenvalue weighted by Gasteiger charge is -2.14. The van der Waals surface area contributed by atoms with Crippen molar-refractivity contribution < 1.29 is 28.2 Å². The zero-order valence-electron chi connectivity index (χ0n) is 11.4. The predicted molar refractivity (Wildman–Crippen MR) is 75.9 cm³/mol. The minimum absolute atomic E-state index is 0.0536. The molecule has 0 saturated carbocycles. The fourth-order valence-electron chi connectivity index (χ4n) is 1.68. The molecule has 0 aliphatic heterocycles. The minimum atomic E-state index is -2.94. The zero-order valence-corrected chi connectivity index (χ0v) is 13.0. The van der Waals surface area contributed by atoms with Gasteiger partial charge in [0.1, 0.15) is 0 Å². The molecule has 0 aliphatic carbocycles. The summed E-state index contributed by atoms with van der Waals surface area (Å²) in [5, 5.41) is 11.6. The second-order valence-corrected chi connectivity index (χ2v) is 5.02.